The number of nitro groups is 1. The van der Waals surface area contributed by atoms with Gasteiger partial charge >= 0.3 is 0 Å². The molecule has 1 atom stereocenters. The summed E-state index contributed by atoms with van der Waals surface area (Å²) < 4.78 is 1.21. The van der Waals surface area contributed by atoms with Gasteiger partial charge in [0.25, 0.3) is 11.2 Å². The number of benzene rings is 2. The van der Waals surface area contributed by atoms with Gasteiger partial charge in [-0.15, -0.1) is 11.8 Å². The highest BCUT2D eigenvalue weighted by molar-refractivity contribution is 8.00. The highest BCUT2D eigenvalue weighted by Crippen LogP contribution is 2.37. The first-order valence-electron chi connectivity index (χ1n) is 9.13. The number of anilines is 1. The molecular formula is C20H18N4O4S. The van der Waals surface area contributed by atoms with Crippen LogP contribution in [0.5, 0.6) is 0 Å². The number of fused-ring (bicyclic) bond motifs is 2. The molecule has 0 bridgehead atoms. The number of hydrogen-bond donors (Lipinski definition) is 0. The van der Waals surface area contributed by atoms with Crippen LogP contribution in [0.25, 0.3) is 10.9 Å². The number of non-ortho nitro benzene ring substituents is 1. The first kappa shape index (κ1) is 19.1. The Morgan fingerprint density at radius 2 is 2.10 bits per heavy atom. The number of aromatic nitrogens is 2. The van der Waals surface area contributed by atoms with E-state index in [1.165, 1.54) is 29.1 Å². The van der Waals surface area contributed by atoms with E-state index in [1.807, 2.05) is 24.3 Å². The van der Waals surface area contributed by atoms with E-state index < -0.39 is 10.5 Å². The highest BCUT2D eigenvalue weighted by atomic mass is 32.2. The van der Waals surface area contributed by atoms with Gasteiger partial charge in [0.2, 0.25) is 5.91 Å². The molecule has 2 heterocycles. The molecule has 1 amide bonds. The maximum atomic E-state index is 13.1. The number of carbonyl (C=O) groups is 1. The van der Waals surface area contributed by atoms with Crippen molar-refractivity contribution in [1.82, 2.24) is 9.55 Å². The lowest BCUT2D eigenvalue weighted by molar-refractivity contribution is -0.384. The maximum absolute atomic E-state index is 13.1. The summed E-state index contributed by atoms with van der Waals surface area (Å²) in [4.78, 5) is 43.3. The van der Waals surface area contributed by atoms with Crippen LogP contribution in [0.2, 0.25) is 0 Å². The molecule has 1 aromatic heterocycles. The van der Waals surface area contributed by atoms with E-state index in [0.29, 0.717) is 17.3 Å². The van der Waals surface area contributed by atoms with Crippen LogP contribution in [0, 0.1) is 10.1 Å². The van der Waals surface area contributed by atoms with E-state index in [-0.39, 0.29) is 23.5 Å². The average molecular weight is 410 g/mol. The lowest BCUT2D eigenvalue weighted by Crippen LogP contribution is -2.37. The van der Waals surface area contributed by atoms with Gasteiger partial charge in [0, 0.05) is 28.8 Å². The Kier molecular flexibility index (Phi) is 5.06. The minimum absolute atomic E-state index is 0.120. The van der Waals surface area contributed by atoms with Crippen LogP contribution in [-0.2, 0) is 11.3 Å². The van der Waals surface area contributed by atoms with Gasteiger partial charge in [0.05, 0.1) is 27.8 Å². The van der Waals surface area contributed by atoms with E-state index in [0.717, 1.165) is 17.0 Å². The van der Waals surface area contributed by atoms with Crippen molar-refractivity contribution in [2.45, 2.75) is 30.0 Å². The van der Waals surface area contributed by atoms with Crippen LogP contribution in [0.1, 0.15) is 13.3 Å². The van der Waals surface area contributed by atoms with Crippen molar-refractivity contribution in [3.05, 3.63) is 69.3 Å². The number of nitrogens with zero attached hydrogens (tertiary/aromatic N) is 4. The number of thioether (sulfide) groups is 1. The number of rotatable bonds is 3. The third-order valence-corrected chi connectivity index (χ3v) is 6.11. The van der Waals surface area contributed by atoms with Gasteiger partial charge in [-0.05, 0) is 24.6 Å². The topological polar surface area (TPSA) is 98.3 Å². The molecule has 8 nitrogen and oxygen atoms in total. The van der Waals surface area contributed by atoms with Crippen LogP contribution in [0.4, 0.5) is 11.4 Å². The van der Waals surface area contributed by atoms with Gasteiger partial charge in [-0.25, -0.2) is 4.98 Å². The molecule has 4 rings (SSSR count). The van der Waals surface area contributed by atoms with Crippen molar-refractivity contribution in [1.29, 1.82) is 0 Å². The lowest BCUT2D eigenvalue weighted by Gasteiger charge is -2.23. The zero-order chi connectivity index (χ0) is 20.5. The molecule has 0 fully saturated rings. The second kappa shape index (κ2) is 7.67. The summed E-state index contributed by atoms with van der Waals surface area (Å²) >= 11 is 1.73. The van der Waals surface area contributed by atoms with Crippen LogP contribution in [0.15, 0.2) is 58.5 Å². The van der Waals surface area contributed by atoms with Crippen molar-refractivity contribution < 1.29 is 9.72 Å². The minimum atomic E-state index is -0.561. The van der Waals surface area contributed by atoms with Gasteiger partial charge in [-0.1, -0.05) is 19.1 Å². The molecule has 1 unspecified atom stereocenters. The zero-order valence-corrected chi connectivity index (χ0v) is 16.5. The van der Waals surface area contributed by atoms with Gasteiger partial charge in [0.1, 0.15) is 6.54 Å². The summed E-state index contributed by atoms with van der Waals surface area (Å²) in [6.45, 7) is 2.50. The maximum Gasteiger partial charge on any atom is 0.270 e. The van der Waals surface area contributed by atoms with E-state index in [9.17, 15) is 19.7 Å². The molecule has 148 valence electrons. The first-order chi connectivity index (χ1) is 13.9. The molecule has 0 saturated heterocycles. The second-order valence-corrected chi connectivity index (χ2v) is 8.35. The molecule has 0 spiro atoms. The van der Waals surface area contributed by atoms with Crippen LogP contribution < -0.4 is 10.5 Å². The Labute approximate surface area is 170 Å². The summed E-state index contributed by atoms with van der Waals surface area (Å²) in [5.74, 6) is -0.221. The normalized spacial score (nSPS) is 16.3. The molecule has 9 heteroatoms. The van der Waals surface area contributed by atoms with Crippen molar-refractivity contribution in [2.75, 3.05) is 11.4 Å². The third kappa shape index (κ3) is 3.73. The largest absolute Gasteiger partial charge is 0.310 e. The molecule has 1 aliphatic heterocycles. The summed E-state index contributed by atoms with van der Waals surface area (Å²) in [5.41, 5.74) is 0.532. The molecule has 2 aromatic carbocycles. The summed E-state index contributed by atoms with van der Waals surface area (Å²) in [7, 11) is 0. The van der Waals surface area contributed by atoms with E-state index in [2.05, 4.69) is 11.9 Å². The fourth-order valence-electron chi connectivity index (χ4n) is 3.35. The molecule has 3 aromatic rings. The number of para-hydroxylation sites is 1. The average Bonchev–Trinajstić information content (AvgIpc) is 2.88. The molecule has 0 radical (unpaired) electrons. The predicted molar refractivity (Wildman–Crippen MR) is 111 cm³/mol. The lowest BCUT2D eigenvalue weighted by atomic mass is 10.2. The van der Waals surface area contributed by atoms with Crippen molar-refractivity contribution in [3.63, 3.8) is 0 Å². The smallest absolute Gasteiger partial charge is 0.270 e. The highest BCUT2D eigenvalue weighted by Gasteiger charge is 2.24. The second-order valence-electron chi connectivity index (χ2n) is 6.87. The van der Waals surface area contributed by atoms with Crippen LogP contribution in [0.3, 0.4) is 0 Å². The minimum Gasteiger partial charge on any atom is -0.310 e. The van der Waals surface area contributed by atoms with Gasteiger partial charge in [-0.2, -0.15) is 0 Å². The Morgan fingerprint density at radius 1 is 1.31 bits per heavy atom. The Hall–Kier alpha value is -3.20. The number of amides is 1. The molecule has 29 heavy (non-hydrogen) atoms. The van der Waals surface area contributed by atoms with Crippen molar-refractivity contribution >= 4 is 39.9 Å². The Balaban J connectivity index is 1.68. The van der Waals surface area contributed by atoms with E-state index >= 15 is 0 Å². The van der Waals surface area contributed by atoms with Crippen LogP contribution >= 0.6 is 11.8 Å². The fourth-order valence-corrected chi connectivity index (χ4v) is 4.46. The summed E-state index contributed by atoms with van der Waals surface area (Å²) in [6, 6.07) is 11.7. The van der Waals surface area contributed by atoms with Gasteiger partial charge < -0.3 is 4.90 Å². The Morgan fingerprint density at radius 3 is 2.90 bits per heavy atom. The van der Waals surface area contributed by atoms with Crippen LogP contribution in [-0.4, -0.2) is 32.2 Å². The molecular weight excluding hydrogens is 392 g/mol. The quantitative estimate of drug-likeness (QED) is 0.486. The number of hydrogen-bond acceptors (Lipinski definition) is 6. The summed E-state index contributed by atoms with van der Waals surface area (Å²) in [6.07, 6.45) is 2.15. The van der Waals surface area contributed by atoms with E-state index in [1.54, 1.807) is 16.7 Å². The number of carbonyl (C=O) groups excluding carboxylic acids is 1. The fraction of sp³-hybridized carbons (Fsp3) is 0.250. The summed E-state index contributed by atoms with van der Waals surface area (Å²) in [5, 5.41) is 11.5. The predicted octanol–water partition coefficient (Wildman–Crippen LogP) is 3.22. The monoisotopic (exact) mass is 410 g/mol. The van der Waals surface area contributed by atoms with Crippen molar-refractivity contribution in [3.8, 4) is 0 Å². The van der Waals surface area contributed by atoms with Gasteiger partial charge in [0.15, 0.2) is 0 Å². The first-order valence-corrected chi connectivity index (χ1v) is 10.0. The van der Waals surface area contributed by atoms with Crippen molar-refractivity contribution in [2.24, 2.45) is 0 Å². The number of nitro benzene ring substituents is 1. The Bertz CT molecular complexity index is 1180. The zero-order valence-electron chi connectivity index (χ0n) is 15.6. The molecule has 0 aliphatic carbocycles. The third-order valence-electron chi connectivity index (χ3n) is 4.87. The van der Waals surface area contributed by atoms with Gasteiger partial charge in [-0.3, -0.25) is 24.3 Å². The molecule has 1 aliphatic rings. The SMILES string of the molecule is CC1CCN(C(=O)Cn2cnc3ccc([N+](=O)[O-])cc3c2=O)c2ccccc2S1. The molecule has 0 saturated carbocycles. The molecule has 0 N–H and O–H groups in total. The standard InChI is InChI=1S/C20H18N4O4S/c1-13-8-9-23(17-4-2-3-5-18(17)29-13)19(25)11-22-12-21-16-7-6-14(24(27)28)10-15(16)20(22)26/h2-7,10,12-13H,8-9,11H2,1H3. The van der Waals surface area contributed by atoms with E-state index in [4.69, 9.17) is 0 Å².